The lowest BCUT2D eigenvalue weighted by molar-refractivity contribution is -0.762. The quantitative estimate of drug-likeness (QED) is 0.823. The first-order valence-electron chi connectivity index (χ1n) is 6.78. The molecule has 3 rings (SSSR count). The molecular weight excluding hydrogens is 266 g/mol. The second kappa shape index (κ2) is 5.51. The summed E-state index contributed by atoms with van der Waals surface area (Å²) in [5, 5.41) is 6.91. The standard InChI is InChI=1S/C15H17N5O/c1-18(2)20-9-8-14-17-13(10-19(14)11-20)15(21)16-12-6-4-3-5-7-12/h3-10H,11H2,1-2H3,(H,16,21)/p+1. The SMILES string of the molecule is CN(C)N1C=CC2=NC(C(=O)Nc3ccccc3)=C[NH+]2C1. The van der Waals surface area contributed by atoms with E-state index in [0.29, 0.717) is 5.70 Å². The number of benzene rings is 1. The van der Waals surface area contributed by atoms with E-state index in [1.54, 1.807) is 0 Å². The van der Waals surface area contributed by atoms with Gasteiger partial charge in [-0.15, -0.1) is 0 Å². The van der Waals surface area contributed by atoms with Gasteiger partial charge in [-0.25, -0.2) is 9.91 Å². The monoisotopic (exact) mass is 284 g/mol. The Labute approximate surface area is 123 Å². The Morgan fingerprint density at radius 1 is 1.33 bits per heavy atom. The van der Waals surface area contributed by atoms with E-state index >= 15 is 0 Å². The molecule has 0 aromatic heterocycles. The van der Waals surface area contributed by atoms with Crippen LogP contribution < -0.4 is 10.2 Å². The summed E-state index contributed by atoms with van der Waals surface area (Å²) < 4.78 is 0. The number of anilines is 1. The number of fused-ring (bicyclic) bond motifs is 1. The average Bonchev–Trinajstić information content (AvgIpc) is 2.91. The number of rotatable bonds is 3. The van der Waals surface area contributed by atoms with E-state index in [4.69, 9.17) is 0 Å². The molecule has 1 unspecified atom stereocenters. The number of nitrogens with one attached hydrogen (secondary N) is 2. The van der Waals surface area contributed by atoms with Crippen molar-refractivity contribution in [3.05, 3.63) is 54.5 Å². The number of nitrogens with zero attached hydrogens (tertiary/aromatic N) is 3. The molecule has 0 saturated heterocycles. The van der Waals surface area contributed by atoms with Crippen LogP contribution in [0.4, 0.5) is 5.69 Å². The molecule has 2 aliphatic rings. The van der Waals surface area contributed by atoms with Gasteiger partial charge in [-0.2, -0.15) is 4.99 Å². The molecule has 108 valence electrons. The van der Waals surface area contributed by atoms with Crippen LogP contribution in [0.3, 0.4) is 0 Å². The lowest BCUT2D eigenvalue weighted by Gasteiger charge is -2.30. The first-order chi connectivity index (χ1) is 10.1. The van der Waals surface area contributed by atoms with Crippen molar-refractivity contribution in [1.29, 1.82) is 0 Å². The van der Waals surface area contributed by atoms with Crippen molar-refractivity contribution >= 4 is 17.4 Å². The Bertz CT molecular complexity index is 633. The normalized spacial score (nSPS) is 20.1. The number of carbonyl (C=O) groups is 1. The minimum Gasteiger partial charge on any atom is -0.320 e. The van der Waals surface area contributed by atoms with E-state index in [1.165, 1.54) is 0 Å². The Balaban J connectivity index is 1.72. The summed E-state index contributed by atoms with van der Waals surface area (Å²) in [6, 6.07) is 9.39. The summed E-state index contributed by atoms with van der Waals surface area (Å²) >= 11 is 0. The molecule has 21 heavy (non-hydrogen) atoms. The van der Waals surface area contributed by atoms with E-state index in [0.717, 1.165) is 23.1 Å². The van der Waals surface area contributed by atoms with Crippen LogP contribution in [0, 0.1) is 0 Å². The number of hydrogen-bond donors (Lipinski definition) is 2. The van der Waals surface area contributed by atoms with Gasteiger partial charge in [-0.3, -0.25) is 9.80 Å². The predicted octanol–water partition coefficient (Wildman–Crippen LogP) is 0.0269. The van der Waals surface area contributed by atoms with Crippen LogP contribution in [-0.4, -0.2) is 42.5 Å². The van der Waals surface area contributed by atoms with Crippen molar-refractivity contribution in [2.75, 3.05) is 26.1 Å². The Kier molecular flexibility index (Phi) is 3.55. The third kappa shape index (κ3) is 2.86. The molecule has 0 saturated carbocycles. The fourth-order valence-electron chi connectivity index (χ4n) is 2.24. The average molecular weight is 284 g/mol. The Morgan fingerprint density at radius 2 is 2.10 bits per heavy atom. The van der Waals surface area contributed by atoms with Gasteiger partial charge in [0.25, 0.3) is 5.91 Å². The molecule has 1 aromatic carbocycles. The van der Waals surface area contributed by atoms with E-state index in [2.05, 4.69) is 15.3 Å². The van der Waals surface area contributed by atoms with Crippen LogP contribution in [-0.2, 0) is 4.79 Å². The van der Waals surface area contributed by atoms with Crippen molar-refractivity contribution in [1.82, 2.24) is 10.0 Å². The molecule has 0 aliphatic carbocycles. The van der Waals surface area contributed by atoms with E-state index in [9.17, 15) is 4.79 Å². The molecule has 6 nitrogen and oxygen atoms in total. The maximum absolute atomic E-state index is 12.2. The van der Waals surface area contributed by atoms with Crippen LogP contribution >= 0.6 is 0 Å². The molecule has 0 fully saturated rings. The lowest BCUT2D eigenvalue weighted by atomic mass is 10.3. The Hall–Kier alpha value is -2.44. The maximum Gasteiger partial charge on any atom is 0.280 e. The predicted molar refractivity (Wildman–Crippen MR) is 81.1 cm³/mol. The van der Waals surface area contributed by atoms with Crippen LogP contribution in [0.5, 0.6) is 0 Å². The summed E-state index contributed by atoms with van der Waals surface area (Å²) in [5.41, 5.74) is 1.23. The lowest BCUT2D eigenvalue weighted by Crippen LogP contribution is -3.11. The molecule has 1 atom stereocenters. The molecule has 0 bridgehead atoms. The largest absolute Gasteiger partial charge is 0.320 e. The van der Waals surface area contributed by atoms with Crippen LogP contribution in [0.2, 0.25) is 0 Å². The molecule has 1 amide bonds. The molecule has 2 N–H and O–H groups in total. The van der Waals surface area contributed by atoms with Gasteiger partial charge < -0.3 is 5.32 Å². The summed E-state index contributed by atoms with van der Waals surface area (Å²) in [7, 11) is 3.96. The van der Waals surface area contributed by atoms with Crippen molar-refractivity contribution in [3.8, 4) is 0 Å². The second-order valence-electron chi connectivity index (χ2n) is 5.13. The number of quaternary nitrogens is 1. The van der Waals surface area contributed by atoms with Crippen LogP contribution in [0.25, 0.3) is 0 Å². The molecule has 0 spiro atoms. The molecule has 2 heterocycles. The molecule has 1 aromatic rings. The third-order valence-electron chi connectivity index (χ3n) is 3.40. The van der Waals surface area contributed by atoms with Crippen molar-refractivity contribution in [2.45, 2.75) is 0 Å². The van der Waals surface area contributed by atoms with Crippen molar-refractivity contribution < 1.29 is 9.69 Å². The van der Waals surface area contributed by atoms with Gasteiger partial charge in [0.2, 0.25) is 5.84 Å². The minimum absolute atomic E-state index is 0.180. The van der Waals surface area contributed by atoms with Gasteiger partial charge in [0.05, 0.1) is 0 Å². The fourth-order valence-corrected chi connectivity index (χ4v) is 2.24. The number of hydrazine groups is 1. The highest BCUT2D eigenvalue weighted by Crippen LogP contribution is 2.10. The van der Waals surface area contributed by atoms with Gasteiger partial charge in [0.15, 0.2) is 12.4 Å². The summed E-state index contributed by atoms with van der Waals surface area (Å²) in [4.78, 5) is 17.7. The minimum atomic E-state index is -0.180. The number of hydrogen-bond acceptors (Lipinski definition) is 4. The van der Waals surface area contributed by atoms with E-state index in [1.807, 2.05) is 67.9 Å². The van der Waals surface area contributed by atoms with Crippen molar-refractivity contribution in [2.24, 2.45) is 4.99 Å². The zero-order valence-electron chi connectivity index (χ0n) is 12.1. The van der Waals surface area contributed by atoms with E-state index in [-0.39, 0.29) is 5.91 Å². The van der Waals surface area contributed by atoms with E-state index < -0.39 is 0 Å². The second-order valence-corrected chi connectivity index (χ2v) is 5.13. The van der Waals surface area contributed by atoms with Gasteiger partial charge >= 0.3 is 0 Å². The van der Waals surface area contributed by atoms with Gasteiger partial charge in [-0.05, 0) is 12.1 Å². The number of amides is 1. The topological polar surface area (TPSA) is 52.4 Å². The zero-order chi connectivity index (χ0) is 14.8. The molecule has 6 heteroatoms. The number of para-hydroxylation sites is 1. The van der Waals surface area contributed by atoms with Gasteiger partial charge in [0, 0.05) is 32.1 Å². The highest BCUT2D eigenvalue weighted by Gasteiger charge is 2.30. The maximum atomic E-state index is 12.2. The highest BCUT2D eigenvalue weighted by molar-refractivity contribution is 6.06. The molecule has 2 aliphatic heterocycles. The number of carbonyl (C=O) groups excluding carboxylic acids is 1. The highest BCUT2D eigenvalue weighted by atomic mass is 16.2. The third-order valence-corrected chi connectivity index (χ3v) is 3.40. The zero-order valence-corrected chi connectivity index (χ0v) is 12.1. The number of aliphatic imine (C=N–C) groups is 1. The smallest absolute Gasteiger partial charge is 0.280 e. The number of amidine groups is 1. The summed E-state index contributed by atoms with van der Waals surface area (Å²) in [6.07, 6.45) is 5.75. The first kappa shape index (κ1) is 13.5. The van der Waals surface area contributed by atoms with Gasteiger partial charge in [-0.1, -0.05) is 18.2 Å². The van der Waals surface area contributed by atoms with Gasteiger partial charge in [0.1, 0.15) is 6.20 Å². The molecular formula is C15H18N5O+. The fraction of sp³-hybridized carbons (Fsp3) is 0.200. The Morgan fingerprint density at radius 3 is 2.81 bits per heavy atom. The first-order valence-corrected chi connectivity index (χ1v) is 6.78. The molecule has 0 radical (unpaired) electrons. The summed E-state index contributed by atoms with van der Waals surface area (Å²) in [5.74, 6) is 0.687. The van der Waals surface area contributed by atoms with Crippen LogP contribution in [0.15, 0.2) is 59.5 Å². The van der Waals surface area contributed by atoms with Crippen molar-refractivity contribution in [3.63, 3.8) is 0 Å². The summed E-state index contributed by atoms with van der Waals surface area (Å²) in [6.45, 7) is 0.727. The van der Waals surface area contributed by atoms with Crippen LogP contribution in [0.1, 0.15) is 0 Å².